The highest BCUT2D eigenvalue weighted by molar-refractivity contribution is 8.12. The second-order valence-corrected chi connectivity index (χ2v) is 5.78. The molecule has 0 aromatic heterocycles. The minimum Gasteiger partial charge on any atom is -0.315 e. The van der Waals surface area contributed by atoms with Gasteiger partial charge in [0, 0.05) is 16.8 Å². The van der Waals surface area contributed by atoms with Gasteiger partial charge in [0.2, 0.25) is 0 Å². The molecule has 0 aliphatic carbocycles. The first-order chi connectivity index (χ1) is 11.8. The van der Waals surface area contributed by atoms with Gasteiger partial charge in [-0.15, -0.1) is 0 Å². The van der Waals surface area contributed by atoms with E-state index in [2.05, 4.69) is 9.71 Å². The van der Waals surface area contributed by atoms with E-state index in [4.69, 9.17) is 0 Å². The van der Waals surface area contributed by atoms with Crippen LogP contribution >= 0.6 is 11.9 Å². The summed E-state index contributed by atoms with van der Waals surface area (Å²) in [5.74, 6) is 0. The summed E-state index contributed by atoms with van der Waals surface area (Å²) in [7, 11) is 0. The fraction of sp³-hybridized carbons (Fsp3) is 0. The van der Waals surface area contributed by atoms with Gasteiger partial charge in [0.25, 0.3) is 0 Å². The van der Waals surface area contributed by atoms with E-state index in [0.29, 0.717) is 0 Å². The smallest absolute Gasteiger partial charge is 0.305 e. The topological polar surface area (TPSA) is 41.5 Å². The van der Waals surface area contributed by atoms with Crippen molar-refractivity contribution in [3.63, 3.8) is 0 Å². The van der Waals surface area contributed by atoms with E-state index in [0.717, 1.165) is 34.5 Å². The summed E-state index contributed by atoms with van der Waals surface area (Å²) in [6.07, 6.45) is 0. The fourth-order valence-electron chi connectivity index (χ4n) is 2.21. The molecule has 0 saturated heterocycles. The summed E-state index contributed by atoms with van der Waals surface area (Å²) in [4.78, 5) is 12.1. The molecule has 118 valence electrons. The van der Waals surface area contributed by atoms with Crippen molar-refractivity contribution in [2.24, 2.45) is 4.40 Å². The van der Waals surface area contributed by atoms with Crippen LogP contribution in [0.5, 0.6) is 0 Å². The molecule has 0 unspecified atom stereocenters. The van der Waals surface area contributed by atoms with Gasteiger partial charge in [0.15, 0.2) is 0 Å². The summed E-state index contributed by atoms with van der Waals surface area (Å²) in [5.41, 5.74) is 3.49. The third kappa shape index (κ3) is 4.33. The predicted octanol–water partition coefficient (Wildman–Crippen LogP) is 5.40. The first-order valence-electron chi connectivity index (χ1n) is 7.55. The lowest BCUT2D eigenvalue weighted by Crippen LogP contribution is -2.06. The van der Waals surface area contributed by atoms with Gasteiger partial charge in [-0.25, -0.2) is 4.40 Å². The minimum absolute atomic E-state index is 0.217. The van der Waals surface area contributed by atoms with E-state index in [1.54, 1.807) is 0 Å². The SMILES string of the molecule is O=C(Nc1ccccc1)SN=C(c1ccccc1)c1ccccc1. The van der Waals surface area contributed by atoms with E-state index in [1.807, 2.05) is 91.0 Å². The van der Waals surface area contributed by atoms with E-state index in [1.165, 1.54) is 0 Å². The van der Waals surface area contributed by atoms with Crippen molar-refractivity contribution in [3.05, 3.63) is 102 Å². The number of carbonyl (C=O) groups is 1. The quantitative estimate of drug-likeness (QED) is 0.513. The Hall–Kier alpha value is -2.85. The van der Waals surface area contributed by atoms with Gasteiger partial charge in [-0.05, 0) is 12.1 Å². The van der Waals surface area contributed by atoms with Crippen LogP contribution in [0.25, 0.3) is 0 Å². The molecule has 3 aromatic carbocycles. The lowest BCUT2D eigenvalue weighted by Gasteiger charge is -2.07. The maximum atomic E-state index is 12.1. The monoisotopic (exact) mass is 332 g/mol. The molecule has 0 radical (unpaired) electrons. The Morgan fingerprint density at radius 3 is 1.67 bits per heavy atom. The number of hydrogen-bond donors (Lipinski definition) is 1. The van der Waals surface area contributed by atoms with Gasteiger partial charge in [-0.1, -0.05) is 78.9 Å². The largest absolute Gasteiger partial charge is 0.315 e. The van der Waals surface area contributed by atoms with Crippen molar-refractivity contribution >= 4 is 28.6 Å². The summed E-state index contributed by atoms with van der Waals surface area (Å²) < 4.78 is 4.48. The van der Waals surface area contributed by atoms with Gasteiger partial charge < -0.3 is 5.32 Å². The highest BCUT2D eigenvalue weighted by Crippen LogP contribution is 2.17. The Balaban J connectivity index is 1.81. The molecule has 1 N–H and O–H groups in total. The van der Waals surface area contributed by atoms with Crippen LogP contribution in [0.2, 0.25) is 0 Å². The van der Waals surface area contributed by atoms with Crippen molar-refractivity contribution < 1.29 is 4.79 Å². The molecule has 0 fully saturated rings. The normalized spacial score (nSPS) is 10.0. The van der Waals surface area contributed by atoms with Crippen molar-refractivity contribution in [1.29, 1.82) is 0 Å². The maximum Gasteiger partial charge on any atom is 0.305 e. The van der Waals surface area contributed by atoms with Crippen LogP contribution in [0.1, 0.15) is 11.1 Å². The Morgan fingerprint density at radius 2 is 1.17 bits per heavy atom. The number of para-hydroxylation sites is 1. The molecular weight excluding hydrogens is 316 g/mol. The summed E-state index contributed by atoms with van der Waals surface area (Å²) in [6, 6.07) is 29.1. The Labute approximate surface area is 145 Å². The molecule has 0 atom stereocenters. The zero-order chi connectivity index (χ0) is 16.6. The number of benzene rings is 3. The predicted molar refractivity (Wildman–Crippen MR) is 102 cm³/mol. The van der Waals surface area contributed by atoms with Gasteiger partial charge >= 0.3 is 5.24 Å². The number of carbonyl (C=O) groups excluding carboxylic acids is 1. The second-order valence-electron chi connectivity index (χ2n) is 5.04. The molecule has 0 spiro atoms. The lowest BCUT2D eigenvalue weighted by atomic mass is 10.0. The number of nitrogens with one attached hydrogen (secondary N) is 1. The molecule has 3 rings (SSSR count). The highest BCUT2D eigenvalue weighted by atomic mass is 32.2. The van der Waals surface area contributed by atoms with Crippen LogP contribution < -0.4 is 5.32 Å². The number of nitrogens with zero attached hydrogens (tertiary/aromatic N) is 1. The van der Waals surface area contributed by atoms with Crippen LogP contribution in [0.3, 0.4) is 0 Å². The molecular formula is C20H16N2OS. The third-order valence-electron chi connectivity index (χ3n) is 3.33. The van der Waals surface area contributed by atoms with E-state index < -0.39 is 0 Å². The number of anilines is 1. The molecule has 0 heterocycles. The summed E-state index contributed by atoms with van der Waals surface area (Å²) >= 11 is 0.907. The average molecular weight is 332 g/mol. The number of rotatable bonds is 4. The Kier molecular flexibility index (Phi) is 5.43. The molecule has 0 aliphatic heterocycles. The average Bonchev–Trinajstić information content (AvgIpc) is 2.64. The minimum atomic E-state index is -0.217. The van der Waals surface area contributed by atoms with Crippen molar-refractivity contribution in [2.75, 3.05) is 5.32 Å². The standard InChI is InChI=1S/C20H16N2OS/c23-20(21-18-14-8-3-9-15-18)24-22-19(16-10-4-1-5-11-16)17-12-6-2-7-13-17/h1-15H,(H,21,23). The van der Waals surface area contributed by atoms with Crippen LogP contribution in [-0.2, 0) is 0 Å². The molecule has 0 saturated carbocycles. The van der Waals surface area contributed by atoms with Crippen molar-refractivity contribution in [2.45, 2.75) is 0 Å². The molecule has 0 bridgehead atoms. The van der Waals surface area contributed by atoms with Gasteiger partial charge in [0.05, 0.1) is 17.7 Å². The molecule has 0 aliphatic rings. The van der Waals surface area contributed by atoms with Crippen LogP contribution in [0.15, 0.2) is 95.4 Å². The first kappa shape index (κ1) is 16.0. The van der Waals surface area contributed by atoms with Gasteiger partial charge in [-0.2, -0.15) is 0 Å². The van der Waals surface area contributed by atoms with Crippen LogP contribution in [0.4, 0.5) is 10.5 Å². The molecule has 3 aromatic rings. The number of amides is 1. The van der Waals surface area contributed by atoms with E-state index in [-0.39, 0.29) is 5.24 Å². The lowest BCUT2D eigenvalue weighted by molar-refractivity contribution is 0.270. The molecule has 3 nitrogen and oxygen atoms in total. The van der Waals surface area contributed by atoms with Crippen molar-refractivity contribution in [3.8, 4) is 0 Å². The van der Waals surface area contributed by atoms with E-state index >= 15 is 0 Å². The van der Waals surface area contributed by atoms with Gasteiger partial charge in [0.1, 0.15) is 0 Å². The summed E-state index contributed by atoms with van der Waals surface area (Å²) in [5, 5.41) is 2.60. The summed E-state index contributed by atoms with van der Waals surface area (Å²) in [6.45, 7) is 0. The molecule has 4 heteroatoms. The Morgan fingerprint density at radius 1 is 0.708 bits per heavy atom. The fourth-order valence-corrected chi connectivity index (χ4v) is 2.76. The second kappa shape index (κ2) is 8.13. The van der Waals surface area contributed by atoms with E-state index in [9.17, 15) is 4.79 Å². The number of hydrogen-bond acceptors (Lipinski definition) is 3. The zero-order valence-corrected chi connectivity index (χ0v) is 13.7. The molecule has 24 heavy (non-hydrogen) atoms. The Bertz CT molecular complexity index is 777. The van der Waals surface area contributed by atoms with Crippen LogP contribution in [0, 0.1) is 0 Å². The zero-order valence-electron chi connectivity index (χ0n) is 12.9. The highest BCUT2D eigenvalue weighted by Gasteiger charge is 2.09. The first-order valence-corrected chi connectivity index (χ1v) is 8.32. The third-order valence-corrected chi connectivity index (χ3v) is 3.88. The molecule has 1 amide bonds. The maximum absolute atomic E-state index is 12.1. The van der Waals surface area contributed by atoms with Crippen LogP contribution in [-0.4, -0.2) is 11.0 Å². The van der Waals surface area contributed by atoms with Gasteiger partial charge in [-0.3, -0.25) is 4.79 Å². The van der Waals surface area contributed by atoms with Crippen molar-refractivity contribution in [1.82, 2.24) is 0 Å².